The first-order valence-corrected chi connectivity index (χ1v) is 7.96. The van der Waals surface area contributed by atoms with Crippen molar-refractivity contribution in [1.82, 2.24) is 9.80 Å². The highest BCUT2D eigenvalue weighted by Crippen LogP contribution is 2.14. The van der Waals surface area contributed by atoms with Gasteiger partial charge in [-0.05, 0) is 26.2 Å². The Balaban J connectivity index is 2.29. The molecule has 0 aliphatic rings. The van der Waals surface area contributed by atoms with E-state index in [2.05, 4.69) is 4.74 Å². The maximum atomic E-state index is 12.8. The molecule has 2 aromatic rings. The number of fused-ring (bicyclic) bond motifs is 1. The van der Waals surface area contributed by atoms with Crippen molar-refractivity contribution in [2.75, 3.05) is 40.8 Å². The molecule has 7 heteroatoms. The molecule has 1 aromatic carbocycles. The lowest BCUT2D eigenvalue weighted by atomic mass is 10.1. The quantitative estimate of drug-likeness (QED) is 0.556. The number of nitrogens with zero attached hydrogens (tertiary/aromatic N) is 2. The van der Waals surface area contributed by atoms with Crippen molar-refractivity contribution in [3.63, 3.8) is 0 Å². The van der Waals surface area contributed by atoms with E-state index in [1.54, 1.807) is 24.3 Å². The molecule has 1 heterocycles. The number of hydrogen-bond donors (Lipinski definition) is 0. The first-order valence-electron chi connectivity index (χ1n) is 7.96. The van der Waals surface area contributed by atoms with Gasteiger partial charge in [-0.3, -0.25) is 9.59 Å². The Hall–Kier alpha value is -2.67. The normalized spacial score (nSPS) is 10.9. The SMILES string of the molecule is COC(=O)CCN(CCN(C)C)C(=O)c1cc2ccccc2oc1=O. The van der Waals surface area contributed by atoms with Crippen LogP contribution >= 0.6 is 0 Å². The minimum Gasteiger partial charge on any atom is -0.469 e. The van der Waals surface area contributed by atoms with Gasteiger partial charge >= 0.3 is 11.6 Å². The molecule has 1 aromatic heterocycles. The first kappa shape index (κ1) is 18.7. The first-order chi connectivity index (χ1) is 11.9. The molecule has 1 amide bonds. The second kappa shape index (κ2) is 8.43. The van der Waals surface area contributed by atoms with Crippen LogP contribution in [0.15, 0.2) is 39.5 Å². The molecule has 0 saturated carbocycles. The van der Waals surface area contributed by atoms with Crippen molar-refractivity contribution in [2.24, 2.45) is 0 Å². The maximum Gasteiger partial charge on any atom is 0.349 e. The van der Waals surface area contributed by atoms with E-state index in [-0.39, 0.29) is 18.5 Å². The van der Waals surface area contributed by atoms with E-state index >= 15 is 0 Å². The molecule has 7 nitrogen and oxygen atoms in total. The molecule has 0 aliphatic carbocycles. The van der Waals surface area contributed by atoms with Gasteiger partial charge in [-0.1, -0.05) is 18.2 Å². The summed E-state index contributed by atoms with van der Waals surface area (Å²) < 4.78 is 9.86. The average Bonchev–Trinajstić information content (AvgIpc) is 2.60. The number of carbonyl (C=O) groups is 2. The number of hydrogen-bond acceptors (Lipinski definition) is 6. The maximum absolute atomic E-state index is 12.8. The van der Waals surface area contributed by atoms with Crippen LogP contribution in [0.4, 0.5) is 0 Å². The highest BCUT2D eigenvalue weighted by Gasteiger charge is 2.21. The van der Waals surface area contributed by atoms with Crippen LogP contribution in [0.3, 0.4) is 0 Å². The van der Waals surface area contributed by atoms with Gasteiger partial charge in [-0.15, -0.1) is 0 Å². The van der Waals surface area contributed by atoms with Crippen LogP contribution in [0.1, 0.15) is 16.8 Å². The number of rotatable bonds is 7. The molecular formula is C18H22N2O5. The molecular weight excluding hydrogens is 324 g/mol. The van der Waals surface area contributed by atoms with Gasteiger partial charge < -0.3 is 19.0 Å². The monoisotopic (exact) mass is 346 g/mol. The van der Waals surface area contributed by atoms with E-state index in [1.807, 2.05) is 19.0 Å². The van der Waals surface area contributed by atoms with Gasteiger partial charge in [0.2, 0.25) is 0 Å². The second-order valence-electron chi connectivity index (χ2n) is 5.91. The van der Waals surface area contributed by atoms with Gasteiger partial charge in [0.15, 0.2) is 0 Å². The molecule has 0 unspecified atom stereocenters. The number of para-hydroxylation sites is 1. The Bertz CT molecular complexity index is 812. The Morgan fingerprint density at radius 1 is 1.12 bits per heavy atom. The second-order valence-corrected chi connectivity index (χ2v) is 5.91. The van der Waals surface area contributed by atoms with Gasteiger partial charge in [-0.25, -0.2) is 4.79 Å². The largest absolute Gasteiger partial charge is 0.469 e. The minimum atomic E-state index is -0.684. The molecule has 0 aliphatic heterocycles. The fraction of sp³-hybridized carbons (Fsp3) is 0.389. The number of amides is 1. The predicted molar refractivity (Wildman–Crippen MR) is 93.6 cm³/mol. The third-order valence-electron chi connectivity index (χ3n) is 3.79. The number of likely N-dealkylation sites (N-methyl/N-ethyl adjacent to an activating group) is 1. The summed E-state index contributed by atoms with van der Waals surface area (Å²) in [4.78, 5) is 39.8. The lowest BCUT2D eigenvalue weighted by molar-refractivity contribution is -0.140. The predicted octanol–water partition coefficient (Wildman–Crippen LogP) is 1.36. The summed E-state index contributed by atoms with van der Waals surface area (Å²) >= 11 is 0. The summed E-state index contributed by atoms with van der Waals surface area (Å²) in [6.07, 6.45) is 0.0641. The summed E-state index contributed by atoms with van der Waals surface area (Å²) in [6, 6.07) is 8.54. The third kappa shape index (κ3) is 4.90. The summed E-state index contributed by atoms with van der Waals surface area (Å²) in [6.45, 7) is 1.16. The van der Waals surface area contributed by atoms with Crippen LogP contribution in [-0.4, -0.2) is 62.5 Å². The molecule has 134 valence electrons. The number of benzene rings is 1. The number of carbonyl (C=O) groups excluding carboxylic acids is 2. The van der Waals surface area contributed by atoms with Crippen LogP contribution < -0.4 is 5.63 Å². The van der Waals surface area contributed by atoms with Crippen molar-refractivity contribution >= 4 is 22.8 Å². The van der Waals surface area contributed by atoms with E-state index < -0.39 is 17.5 Å². The Labute approximate surface area is 145 Å². The fourth-order valence-electron chi connectivity index (χ4n) is 2.35. The van der Waals surface area contributed by atoms with Crippen molar-refractivity contribution < 1.29 is 18.7 Å². The Kier molecular flexibility index (Phi) is 6.30. The number of methoxy groups -OCH3 is 1. The molecule has 0 N–H and O–H groups in total. The molecule has 0 bridgehead atoms. The average molecular weight is 346 g/mol. The van der Waals surface area contributed by atoms with E-state index in [0.29, 0.717) is 24.1 Å². The van der Waals surface area contributed by atoms with Gasteiger partial charge in [0.25, 0.3) is 5.91 Å². The Morgan fingerprint density at radius 2 is 1.84 bits per heavy atom. The van der Waals surface area contributed by atoms with Gasteiger partial charge in [0.1, 0.15) is 11.1 Å². The molecule has 2 rings (SSSR count). The van der Waals surface area contributed by atoms with E-state index in [1.165, 1.54) is 18.1 Å². The van der Waals surface area contributed by atoms with Crippen molar-refractivity contribution in [2.45, 2.75) is 6.42 Å². The zero-order valence-corrected chi connectivity index (χ0v) is 14.7. The van der Waals surface area contributed by atoms with Crippen molar-refractivity contribution in [3.05, 3.63) is 46.3 Å². The third-order valence-corrected chi connectivity index (χ3v) is 3.79. The lowest BCUT2D eigenvalue weighted by Gasteiger charge is -2.23. The molecule has 0 atom stereocenters. The molecule has 0 spiro atoms. The van der Waals surface area contributed by atoms with Crippen LogP contribution in [0.5, 0.6) is 0 Å². The molecule has 0 fully saturated rings. The van der Waals surface area contributed by atoms with Crippen LogP contribution in [0, 0.1) is 0 Å². The Morgan fingerprint density at radius 3 is 2.52 bits per heavy atom. The number of ether oxygens (including phenoxy) is 1. The van der Waals surface area contributed by atoms with Gasteiger partial charge in [0, 0.05) is 25.0 Å². The molecule has 25 heavy (non-hydrogen) atoms. The highest BCUT2D eigenvalue weighted by atomic mass is 16.5. The summed E-state index contributed by atoms with van der Waals surface area (Å²) in [5.74, 6) is -0.863. The van der Waals surface area contributed by atoms with Crippen LogP contribution in [0.2, 0.25) is 0 Å². The summed E-state index contributed by atoms with van der Waals surface area (Å²) in [5, 5.41) is 0.672. The standard InChI is InChI=1S/C18H22N2O5/c1-19(2)10-11-20(9-8-16(21)24-3)17(22)14-12-13-6-4-5-7-15(13)25-18(14)23/h4-7,12H,8-11H2,1-3H3. The van der Waals surface area contributed by atoms with Gasteiger partial charge in [0.05, 0.1) is 13.5 Å². The highest BCUT2D eigenvalue weighted by molar-refractivity contribution is 5.96. The molecule has 0 radical (unpaired) electrons. The van der Waals surface area contributed by atoms with Crippen LogP contribution in [-0.2, 0) is 9.53 Å². The van der Waals surface area contributed by atoms with Crippen molar-refractivity contribution in [1.29, 1.82) is 0 Å². The van der Waals surface area contributed by atoms with Crippen LogP contribution in [0.25, 0.3) is 11.0 Å². The molecule has 0 saturated heterocycles. The zero-order valence-electron chi connectivity index (χ0n) is 14.7. The minimum absolute atomic E-state index is 0.0395. The van der Waals surface area contributed by atoms with Crippen molar-refractivity contribution in [3.8, 4) is 0 Å². The topological polar surface area (TPSA) is 80.1 Å². The fourth-order valence-corrected chi connectivity index (χ4v) is 2.35. The van der Waals surface area contributed by atoms with Gasteiger partial charge in [-0.2, -0.15) is 0 Å². The zero-order chi connectivity index (χ0) is 18.4. The summed E-state index contributed by atoms with van der Waals surface area (Å²) in [5.41, 5.74) is -0.294. The smallest absolute Gasteiger partial charge is 0.349 e. The van der Waals surface area contributed by atoms with E-state index in [0.717, 1.165) is 0 Å². The summed E-state index contributed by atoms with van der Waals surface area (Å²) in [7, 11) is 5.06. The number of esters is 1. The van der Waals surface area contributed by atoms with E-state index in [9.17, 15) is 14.4 Å². The van der Waals surface area contributed by atoms with E-state index in [4.69, 9.17) is 4.42 Å². The lowest BCUT2D eigenvalue weighted by Crippen LogP contribution is -2.39.